The van der Waals surface area contributed by atoms with E-state index in [1.165, 1.54) is 29.2 Å². The molecule has 0 radical (unpaired) electrons. The van der Waals surface area contributed by atoms with Crippen molar-refractivity contribution in [1.82, 2.24) is 4.90 Å². The largest absolute Gasteiger partial charge is 0.395 e. The van der Waals surface area contributed by atoms with E-state index in [4.69, 9.17) is 10.8 Å². The first-order valence-electron chi connectivity index (χ1n) is 5.51. The van der Waals surface area contributed by atoms with Crippen molar-refractivity contribution in [2.75, 3.05) is 19.7 Å². The summed E-state index contributed by atoms with van der Waals surface area (Å²) in [6.45, 7) is 4.04. The predicted octanol–water partition coefficient (Wildman–Crippen LogP) is 0.406. The molecule has 0 heterocycles. The van der Waals surface area contributed by atoms with Gasteiger partial charge in [-0.2, -0.15) is 0 Å². The standard InChI is InChI=1S/C13H16N2O3/c1-2-7-15(8-9-16)13(18)11-5-3-10(4-6-11)12(14)17/h2-6,16H,1,7-9H2,(H2,14,17). The number of amides is 2. The Morgan fingerprint density at radius 1 is 1.28 bits per heavy atom. The number of benzene rings is 1. The van der Waals surface area contributed by atoms with Crippen molar-refractivity contribution in [3.63, 3.8) is 0 Å². The summed E-state index contributed by atoms with van der Waals surface area (Å²) >= 11 is 0. The van der Waals surface area contributed by atoms with E-state index in [-0.39, 0.29) is 19.1 Å². The van der Waals surface area contributed by atoms with Crippen molar-refractivity contribution in [3.8, 4) is 0 Å². The van der Waals surface area contributed by atoms with Crippen LogP contribution in [0.2, 0.25) is 0 Å². The lowest BCUT2D eigenvalue weighted by molar-refractivity contribution is 0.0742. The molecule has 1 aromatic rings. The number of nitrogens with two attached hydrogens (primary N) is 1. The molecular formula is C13H16N2O3. The Hall–Kier alpha value is -2.14. The predicted molar refractivity (Wildman–Crippen MR) is 68.1 cm³/mol. The lowest BCUT2D eigenvalue weighted by Gasteiger charge is -2.19. The summed E-state index contributed by atoms with van der Waals surface area (Å²) in [6, 6.07) is 6.08. The lowest BCUT2D eigenvalue weighted by Crippen LogP contribution is -2.33. The summed E-state index contributed by atoms with van der Waals surface area (Å²) in [5.41, 5.74) is 5.91. The Morgan fingerprint density at radius 3 is 2.28 bits per heavy atom. The molecule has 1 aromatic carbocycles. The van der Waals surface area contributed by atoms with Crippen molar-refractivity contribution in [3.05, 3.63) is 48.0 Å². The molecule has 0 saturated carbocycles. The van der Waals surface area contributed by atoms with Gasteiger partial charge in [-0.25, -0.2) is 0 Å². The monoisotopic (exact) mass is 248 g/mol. The molecule has 0 unspecified atom stereocenters. The van der Waals surface area contributed by atoms with Gasteiger partial charge in [0.2, 0.25) is 5.91 Å². The van der Waals surface area contributed by atoms with Crippen LogP contribution in [0.4, 0.5) is 0 Å². The van der Waals surface area contributed by atoms with Crippen molar-refractivity contribution in [2.24, 2.45) is 5.73 Å². The first-order chi connectivity index (χ1) is 8.60. The van der Waals surface area contributed by atoms with Gasteiger partial charge in [0.1, 0.15) is 0 Å². The summed E-state index contributed by atoms with van der Waals surface area (Å²) in [4.78, 5) is 24.4. The molecule has 0 atom stereocenters. The van der Waals surface area contributed by atoms with Crippen LogP contribution >= 0.6 is 0 Å². The van der Waals surface area contributed by atoms with Crippen LogP contribution in [0.5, 0.6) is 0 Å². The van der Waals surface area contributed by atoms with E-state index in [1.54, 1.807) is 6.08 Å². The molecule has 0 aromatic heterocycles. The van der Waals surface area contributed by atoms with Crippen LogP contribution in [0, 0.1) is 0 Å². The Kier molecular flexibility index (Phi) is 5.07. The summed E-state index contributed by atoms with van der Waals surface area (Å²) in [7, 11) is 0. The molecular weight excluding hydrogens is 232 g/mol. The summed E-state index contributed by atoms with van der Waals surface area (Å²) in [5, 5.41) is 8.89. The number of aliphatic hydroxyl groups is 1. The molecule has 1 rings (SSSR count). The van der Waals surface area contributed by atoms with E-state index in [9.17, 15) is 9.59 Å². The van der Waals surface area contributed by atoms with Crippen molar-refractivity contribution < 1.29 is 14.7 Å². The SMILES string of the molecule is C=CCN(CCO)C(=O)c1ccc(C(N)=O)cc1. The van der Waals surface area contributed by atoms with Gasteiger partial charge in [0, 0.05) is 24.2 Å². The second kappa shape index (κ2) is 6.56. The van der Waals surface area contributed by atoms with Gasteiger partial charge >= 0.3 is 0 Å². The zero-order valence-corrected chi connectivity index (χ0v) is 10.0. The average molecular weight is 248 g/mol. The molecule has 96 valence electrons. The van der Waals surface area contributed by atoms with Crippen LogP contribution in [0.15, 0.2) is 36.9 Å². The third kappa shape index (κ3) is 3.43. The number of carbonyl (C=O) groups excluding carboxylic acids is 2. The van der Waals surface area contributed by atoms with Gasteiger partial charge in [-0.1, -0.05) is 6.08 Å². The van der Waals surface area contributed by atoms with Crippen LogP contribution in [-0.2, 0) is 0 Å². The minimum Gasteiger partial charge on any atom is -0.395 e. The second-order valence-corrected chi connectivity index (χ2v) is 3.71. The Bertz CT molecular complexity index is 440. The smallest absolute Gasteiger partial charge is 0.254 e. The first kappa shape index (κ1) is 13.9. The maximum Gasteiger partial charge on any atom is 0.254 e. The lowest BCUT2D eigenvalue weighted by atomic mass is 10.1. The number of hydrogen-bond donors (Lipinski definition) is 2. The Morgan fingerprint density at radius 2 is 1.83 bits per heavy atom. The topological polar surface area (TPSA) is 83.6 Å². The van der Waals surface area contributed by atoms with Gasteiger partial charge in [-0.05, 0) is 24.3 Å². The normalized spacial score (nSPS) is 9.83. The number of hydrogen-bond acceptors (Lipinski definition) is 3. The highest BCUT2D eigenvalue weighted by Crippen LogP contribution is 2.07. The Labute approximate surface area is 106 Å². The Balaban J connectivity index is 2.87. The highest BCUT2D eigenvalue weighted by molar-refractivity contribution is 5.97. The molecule has 0 aliphatic carbocycles. The number of rotatable bonds is 6. The fraction of sp³-hybridized carbons (Fsp3) is 0.231. The maximum atomic E-state index is 12.1. The third-order valence-corrected chi connectivity index (χ3v) is 2.42. The molecule has 0 aliphatic rings. The summed E-state index contributed by atoms with van der Waals surface area (Å²) in [6.07, 6.45) is 1.59. The second-order valence-electron chi connectivity index (χ2n) is 3.71. The highest BCUT2D eigenvalue weighted by atomic mass is 16.3. The molecule has 3 N–H and O–H groups in total. The van der Waals surface area contributed by atoms with Gasteiger partial charge in [-0.3, -0.25) is 9.59 Å². The van der Waals surface area contributed by atoms with Crippen LogP contribution in [-0.4, -0.2) is 41.5 Å². The minimum absolute atomic E-state index is 0.112. The van der Waals surface area contributed by atoms with E-state index >= 15 is 0 Å². The molecule has 2 amide bonds. The van der Waals surface area contributed by atoms with Gasteiger partial charge in [0.15, 0.2) is 0 Å². The number of nitrogens with zero attached hydrogens (tertiary/aromatic N) is 1. The van der Waals surface area contributed by atoms with E-state index in [0.29, 0.717) is 17.7 Å². The number of aliphatic hydroxyl groups excluding tert-OH is 1. The molecule has 18 heavy (non-hydrogen) atoms. The van der Waals surface area contributed by atoms with Gasteiger partial charge < -0.3 is 15.7 Å². The van der Waals surface area contributed by atoms with Crippen molar-refractivity contribution in [1.29, 1.82) is 0 Å². The summed E-state index contributed by atoms with van der Waals surface area (Å²) < 4.78 is 0. The van der Waals surface area contributed by atoms with Crippen molar-refractivity contribution in [2.45, 2.75) is 0 Å². The van der Waals surface area contributed by atoms with Crippen LogP contribution < -0.4 is 5.73 Å². The fourth-order valence-corrected chi connectivity index (χ4v) is 1.51. The maximum absolute atomic E-state index is 12.1. The molecule has 5 nitrogen and oxygen atoms in total. The summed E-state index contributed by atoms with van der Waals surface area (Å²) in [5.74, 6) is -0.757. The van der Waals surface area contributed by atoms with Crippen LogP contribution in [0.25, 0.3) is 0 Å². The minimum atomic E-state index is -0.535. The molecule has 5 heteroatoms. The van der Waals surface area contributed by atoms with Crippen LogP contribution in [0.1, 0.15) is 20.7 Å². The van der Waals surface area contributed by atoms with Gasteiger partial charge in [-0.15, -0.1) is 6.58 Å². The zero-order valence-electron chi connectivity index (χ0n) is 10.0. The van der Waals surface area contributed by atoms with Crippen LogP contribution in [0.3, 0.4) is 0 Å². The van der Waals surface area contributed by atoms with Gasteiger partial charge in [0.25, 0.3) is 5.91 Å². The quantitative estimate of drug-likeness (QED) is 0.715. The van der Waals surface area contributed by atoms with Crippen molar-refractivity contribution >= 4 is 11.8 Å². The average Bonchev–Trinajstić information content (AvgIpc) is 2.38. The van der Waals surface area contributed by atoms with E-state index in [2.05, 4.69) is 6.58 Å². The highest BCUT2D eigenvalue weighted by Gasteiger charge is 2.14. The van der Waals surface area contributed by atoms with E-state index < -0.39 is 5.91 Å². The van der Waals surface area contributed by atoms with E-state index in [1.807, 2.05) is 0 Å². The third-order valence-electron chi connectivity index (χ3n) is 2.42. The zero-order chi connectivity index (χ0) is 13.5. The number of primary amides is 1. The number of carbonyl (C=O) groups is 2. The first-order valence-corrected chi connectivity index (χ1v) is 5.51. The molecule has 0 spiro atoms. The fourth-order valence-electron chi connectivity index (χ4n) is 1.51. The molecule has 0 bridgehead atoms. The molecule has 0 aliphatic heterocycles. The molecule has 0 fully saturated rings. The molecule has 0 saturated heterocycles. The van der Waals surface area contributed by atoms with Gasteiger partial charge in [0.05, 0.1) is 6.61 Å². The van der Waals surface area contributed by atoms with E-state index in [0.717, 1.165) is 0 Å².